The molecule has 1 nitrogen and oxygen atoms in total. The average molecular weight is 178 g/mol. The molecule has 0 spiro atoms. The van der Waals surface area contributed by atoms with Crippen molar-refractivity contribution in [3.63, 3.8) is 0 Å². The van der Waals surface area contributed by atoms with Gasteiger partial charge in [0.15, 0.2) is 0 Å². The Morgan fingerprint density at radius 2 is 2.17 bits per heavy atom. The number of nitrogens with zero attached hydrogens (tertiary/aromatic N) is 1. The quantitative estimate of drug-likeness (QED) is 0.602. The summed E-state index contributed by atoms with van der Waals surface area (Å²) < 4.78 is 0. The molecule has 0 saturated carbocycles. The van der Waals surface area contributed by atoms with E-state index in [2.05, 4.69) is 4.98 Å². The molecule has 0 fully saturated rings. The number of benzene rings is 1. The molecule has 1 aromatic carbocycles. The molecule has 0 bridgehead atoms. The van der Waals surface area contributed by atoms with Gasteiger partial charge in [0.2, 0.25) is 0 Å². The molecule has 0 aliphatic rings. The molecule has 0 atom stereocenters. The standard InChI is InChI=1S/C10H8ClN/c1-7-5-8-3-2-4-12-10(8)6-9(7)11/h2-6H,1H3. The van der Waals surface area contributed by atoms with Crippen LogP contribution in [0.15, 0.2) is 30.5 Å². The van der Waals surface area contributed by atoms with Crippen LogP contribution in [0.3, 0.4) is 0 Å². The Labute approximate surface area is 76.0 Å². The number of hydrogen-bond acceptors (Lipinski definition) is 1. The molecule has 0 aliphatic carbocycles. The summed E-state index contributed by atoms with van der Waals surface area (Å²) in [6.07, 6.45) is 1.77. The van der Waals surface area contributed by atoms with E-state index in [-0.39, 0.29) is 0 Å². The summed E-state index contributed by atoms with van der Waals surface area (Å²) in [6.45, 7) is 1.99. The van der Waals surface area contributed by atoms with Crippen LogP contribution in [-0.4, -0.2) is 4.98 Å². The van der Waals surface area contributed by atoms with Gasteiger partial charge in [0.1, 0.15) is 0 Å². The van der Waals surface area contributed by atoms with Crippen molar-refractivity contribution in [3.05, 3.63) is 41.0 Å². The zero-order chi connectivity index (χ0) is 8.55. The van der Waals surface area contributed by atoms with Crippen molar-refractivity contribution in [1.82, 2.24) is 4.98 Å². The third kappa shape index (κ3) is 1.16. The Morgan fingerprint density at radius 1 is 1.33 bits per heavy atom. The van der Waals surface area contributed by atoms with Gasteiger partial charge >= 0.3 is 0 Å². The Balaban J connectivity index is 2.84. The van der Waals surface area contributed by atoms with E-state index in [0.29, 0.717) is 0 Å². The lowest BCUT2D eigenvalue weighted by Crippen LogP contribution is -1.80. The molecule has 12 heavy (non-hydrogen) atoms. The zero-order valence-electron chi connectivity index (χ0n) is 6.71. The summed E-state index contributed by atoms with van der Waals surface area (Å²) in [5.41, 5.74) is 2.05. The van der Waals surface area contributed by atoms with Gasteiger partial charge in [0, 0.05) is 16.6 Å². The fraction of sp³-hybridized carbons (Fsp3) is 0.100. The summed E-state index contributed by atoms with van der Waals surface area (Å²) in [7, 11) is 0. The molecule has 0 saturated heterocycles. The largest absolute Gasteiger partial charge is 0.256 e. The van der Waals surface area contributed by atoms with E-state index in [0.717, 1.165) is 21.5 Å². The van der Waals surface area contributed by atoms with E-state index in [1.165, 1.54) is 0 Å². The fourth-order valence-corrected chi connectivity index (χ4v) is 1.37. The second-order valence-electron chi connectivity index (χ2n) is 2.80. The molecule has 1 aromatic heterocycles. The zero-order valence-corrected chi connectivity index (χ0v) is 7.47. The van der Waals surface area contributed by atoms with Gasteiger partial charge in [-0.3, -0.25) is 4.98 Å². The first kappa shape index (κ1) is 7.56. The van der Waals surface area contributed by atoms with Crippen molar-refractivity contribution < 1.29 is 0 Å². The fourth-order valence-electron chi connectivity index (χ4n) is 1.21. The van der Waals surface area contributed by atoms with Crippen molar-refractivity contribution in [2.75, 3.05) is 0 Å². The van der Waals surface area contributed by atoms with Crippen LogP contribution in [0.2, 0.25) is 5.02 Å². The number of rotatable bonds is 0. The molecular formula is C10H8ClN. The van der Waals surface area contributed by atoms with Gasteiger partial charge in [-0.25, -0.2) is 0 Å². The summed E-state index contributed by atoms with van der Waals surface area (Å²) in [4.78, 5) is 4.20. The van der Waals surface area contributed by atoms with Crippen LogP contribution in [0.5, 0.6) is 0 Å². The van der Waals surface area contributed by atoms with Crippen LogP contribution < -0.4 is 0 Å². The molecule has 0 aliphatic heterocycles. The lowest BCUT2D eigenvalue weighted by atomic mass is 10.1. The SMILES string of the molecule is Cc1cc2cccnc2cc1Cl. The molecule has 60 valence electrons. The third-order valence-corrected chi connectivity index (χ3v) is 2.29. The second-order valence-corrected chi connectivity index (χ2v) is 3.20. The molecule has 2 rings (SSSR count). The third-order valence-electron chi connectivity index (χ3n) is 1.88. The maximum absolute atomic E-state index is 5.95. The summed E-state index contributed by atoms with van der Waals surface area (Å²) in [6, 6.07) is 7.90. The van der Waals surface area contributed by atoms with Gasteiger partial charge in [-0.2, -0.15) is 0 Å². The van der Waals surface area contributed by atoms with E-state index in [9.17, 15) is 0 Å². The highest BCUT2D eigenvalue weighted by Crippen LogP contribution is 2.21. The minimum absolute atomic E-state index is 0.779. The smallest absolute Gasteiger partial charge is 0.0716 e. The van der Waals surface area contributed by atoms with Crippen LogP contribution in [0, 0.1) is 6.92 Å². The average Bonchev–Trinajstić information content (AvgIpc) is 2.07. The van der Waals surface area contributed by atoms with E-state index >= 15 is 0 Å². The lowest BCUT2D eigenvalue weighted by Gasteiger charge is -1.99. The summed E-state index contributed by atoms with van der Waals surface area (Å²) in [5.74, 6) is 0. The van der Waals surface area contributed by atoms with Crippen LogP contribution in [0.1, 0.15) is 5.56 Å². The Morgan fingerprint density at radius 3 is 3.00 bits per heavy atom. The normalized spacial score (nSPS) is 10.5. The van der Waals surface area contributed by atoms with Crippen LogP contribution in [0.25, 0.3) is 10.9 Å². The highest BCUT2D eigenvalue weighted by Gasteiger charge is 1.98. The molecule has 0 amide bonds. The maximum Gasteiger partial charge on any atom is 0.0716 e. The summed E-state index contributed by atoms with van der Waals surface area (Å²) >= 11 is 5.95. The molecule has 2 aromatic rings. The topological polar surface area (TPSA) is 12.9 Å². The molecule has 0 N–H and O–H groups in total. The number of aromatic nitrogens is 1. The monoisotopic (exact) mass is 177 g/mol. The predicted octanol–water partition coefficient (Wildman–Crippen LogP) is 3.20. The van der Waals surface area contributed by atoms with Gasteiger partial charge in [-0.15, -0.1) is 0 Å². The van der Waals surface area contributed by atoms with Gasteiger partial charge in [0.05, 0.1) is 5.52 Å². The highest BCUT2D eigenvalue weighted by atomic mass is 35.5. The van der Waals surface area contributed by atoms with Crippen molar-refractivity contribution in [2.24, 2.45) is 0 Å². The molecular weight excluding hydrogens is 170 g/mol. The number of pyridine rings is 1. The first-order chi connectivity index (χ1) is 5.77. The summed E-state index contributed by atoms with van der Waals surface area (Å²) in [5, 5.41) is 1.92. The van der Waals surface area contributed by atoms with Gasteiger partial charge in [0.25, 0.3) is 0 Å². The minimum Gasteiger partial charge on any atom is -0.256 e. The Kier molecular flexibility index (Phi) is 1.74. The van der Waals surface area contributed by atoms with Gasteiger partial charge in [-0.1, -0.05) is 17.7 Å². The number of fused-ring (bicyclic) bond motifs is 1. The van der Waals surface area contributed by atoms with E-state index in [1.54, 1.807) is 6.20 Å². The molecule has 0 radical (unpaired) electrons. The molecule has 1 heterocycles. The van der Waals surface area contributed by atoms with E-state index in [4.69, 9.17) is 11.6 Å². The van der Waals surface area contributed by atoms with Crippen molar-refractivity contribution in [1.29, 1.82) is 0 Å². The lowest BCUT2D eigenvalue weighted by molar-refractivity contribution is 1.39. The predicted molar refractivity (Wildman–Crippen MR) is 51.5 cm³/mol. The second kappa shape index (κ2) is 2.76. The Bertz CT molecular complexity index is 383. The van der Waals surface area contributed by atoms with Crippen LogP contribution >= 0.6 is 11.6 Å². The van der Waals surface area contributed by atoms with Crippen molar-refractivity contribution >= 4 is 22.5 Å². The van der Waals surface area contributed by atoms with E-state index in [1.807, 2.05) is 31.2 Å². The number of halogens is 1. The Hall–Kier alpha value is -1.08. The van der Waals surface area contributed by atoms with E-state index < -0.39 is 0 Å². The first-order valence-corrected chi connectivity index (χ1v) is 4.16. The minimum atomic E-state index is 0.779. The highest BCUT2D eigenvalue weighted by molar-refractivity contribution is 6.32. The van der Waals surface area contributed by atoms with Crippen molar-refractivity contribution in [3.8, 4) is 0 Å². The molecule has 2 heteroatoms. The first-order valence-electron chi connectivity index (χ1n) is 3.78. The van der Waals surface area contributed by atoms with Gasteiger partial charge in [-0.05, 0) is 30.7 Å². The maximum atomic E-state index is 5.95. The van der Waals surface area contributed by atoms with Crippen LogP contribution in [0.4, 0.5) is 0 Å². The number of aryl methyl sites for hydroxylation is 1. The van der Waals surface area contributed by atoms with Gasteiger partial charge < -0.3 is 0 Å². The molecule has 0 unspecified atom stereocenters. The number of hydrogen-bond donors (Lipinski definition) is 0. The van der Waals surface area contributed by atoms with Crippen LogP contribution in [-0.2, 0) is 0 Å². The van der Waals surface area contributed by atoms with Crippen molar-refractivity contribution in [2.45, 2.75) is 6.92 Å².